The minimum absolute atomic E-state index is 0.0253. The Kier molecular flexibility index (Phi) is 4.97. The summed E-state index contributed by atoms with van der Waals surface area (Å²) in [4.78, 5) is 12.1. The van der Waals surface area contributed by atoms with Crippen molar-refractivity contribution < 1.29 is 4.79 Å². The van der Waals surface area contributed by atoms with Crippen molar-refractivity contribution in [3.63, 3.8) is 0 Å². The highest BCUT2D eigenvalue weighted by Crippen LogP contribution is 2.20. The van der Waals surface area contributed by atoms with Gasteiger partial charge in [-0.05, 0) is 40.8 Å². The molecule has 2 aromatic carbocycles. The van der Waals surface area contributed by atoms with Crippen LogP contribution in [0.2, 0.25) is 0 Å². The van der Waals surface area contributed by atoms with E-state index in [1.54, 1.807) is 4.68 Å². The third-order valence-corrected chi connectivity index (χ3v) is 3.79. The zero-order chi connectivity index (χ0) is 18.6. The molecule has 0 unspecified atom stereocenters. The molecule has 26 heavy (non-hydrogen) atoms. The van der Waals surface area contributed by atoms with E-state index >= 15 is 0 Å². The van der Waals surface area contributed by atoms with Crippen molar-refractivity contribution in [2.24, 2.45) is 5.41 Å². The highest BCUT2D eigenvalue weighted by Gasteiger charge is 2.21. The molecule has 7 heteroatoms. The summed E-state index contributed by atoms with van der Waals surface area (Å²) in [5, 5.41) is 18.1. The molecule has 0 spiro atoms. The van der Waals surface area contributed by atoms with Gasteiger partial charge in [-0.15, -0.1) is 5.10 Å². The summed E-state index contributed by atoms with van der Waals surface area (Å²) in [6.45, 7) is 6.11. The molecule has 7 nitrogen and oxygen atoms in total. The van der Waals surface area contributed by atoms with Crippen LogP contribution in [0.25, 0.3) is 5.69 Å². The van der Waals surface area contributed by atoms with Crippen LogP contribution >= 0.6 is 0 Å². The lowest BCUT2D eigenvalue weighted by Gasteiger charge is -2.18. The standard InChI is InChI=1S/C19H22N6O/c1-19(2,3)18(26)21-15-9-7-8-14(12-15)20-13-17-22-23-24-25(17)16-10-5-4-6-11-16/h4-12,20H,13H2,1-3H3,(H,21,26). The van der Waals surface area contributed by atoms with Gasteiger partial charge in [0.25, 0.3) is 0 Å². The van der Waals surface area contributed by atoms with Crippen LogP contribution in [-0.2, 0) is 11.3 Å². The highest BCUT2D eigenvalue weighted by molar-refractivity contribution is 5.94. The number of anilines is 2. The van der Waals surface area contributed by atoms with Crippen molar-refractivity contribution in [1.82, 2.24) is 20.2 Å². The summed E-state index contributed by atoms with van der Waals surface area (Å²) < 4.78 is 1.69. The van der Waals surface area contributed by atoms with Crippen molar-refractivity contribution in [2.45, 2.75) is 27.3 Å². The average molecular weight is 350 g/mol. The normalized spacial score (nSPS) is 11.2. The Balaban J connectivity index is 1.69. The highest BCUT2D eigenvalue weighted by atomic mass is 16.2. The molecule has 0 bridgehead atoms. The predicted octanol–water partition coefficient (Wildman–Crippen LogP) is 3.26. The predicted molar refractivity (Wildman–Crippen MR) is 101 cm³/mol. The summed E-state index contributed by atoms with van der Waals surface area (Å²) in [6, 6.07) is 17.3. The third kappa shape index (κ3) is 4.24. The topological polar surface area (TPSA) is 84.7 Å². The molecule has 0 aliphatic heterocycles. The first-order chi connectivity index (χ1) is 12.4. The van der Waals surface area contributed by atoms with Gasteiger partial charge < -0.3 is 10.6 Å². The van der Waals surface area contributed by atoms with Gasteiger partial charge in [0, 0.05) is 16.8 Å². The molecular formula is C19H22N6O. The van der Waals surface area contributed by atoms with Crippen molar-refractivity contribution in [2.75, 3.05) is 10.6 Å². The number of para-hydroxylation sites is 1. The average Bonchev–Trinajstić information content (AvgIpc) is 3.09. The largest absolute Gasteiger partial charge is 0.378 e. The number of tetrazole rings is 1. The Morgan fingerprint density at radius 1 is 1.04 bits per heavy atom. The summed E-state index contributed by atoms with van der Waals surface area (Å²) >= 11 is 0. The van der Waals surface area contributed by atoms with Gasteiger partial charge >= 0.3 is 0 Å². The molecule has 2 N–H and O–H groups in total. The fraction of sp³-hybridized carbons (Fsp3) is 0.263. The second kappa shape index (κ2) is 7.35. The number of carbonyl (C=O) groups is 1. The lowest BCUT2D eigenvalue weighted by Crippen LogP contribution is -2.27. The van der Waals surface area contributed by atoms with E-state index in [0.717, 1.165) is 17.1 Å². The monoisotopic (exact) mass is 350 g/mol. The molecule has 3 aromatic rings. The molecule has 0 saturated carbocycles. The Morgan fingerprint density at radius 3 is 2.50 bits per heavy atom. The second-order valence-corrected chi connectivity index (χ2v) is 6.98. The van der Waals surface area contributed by atoms with Crippen LogP contribution in [0.15, 0.2) is 54.6 Å². The molecule has 1 aromatic heterocycles. The molecule has 0 fully saturated rings. The van der Waals surface area contributed by atoms with Gasteiger partial charge in [-0.25, -0.2) is 0 Å². The number of amides is 1. The summed E-state index contributed by atoms with van der Waals surface area (Å²) in [5.74, 6) is 0.669. The van der Waals surface area contributed by atoms with E-state index in [0.29, 0.717) is 12.4 Å². The molecule has 0 aliphatic rings. The number of nitrogens with zero attached hydrogens (tertiary/aromatic N) is 4. The van der Waals surface area contributed by atoms with E-state index < -0.39 is 5.41 Å². The van der Waals surface area contributed by atoms with Crippen LogP contribution in [0.5, 0.6) is 0 Å². The number of hydrogen-bond acceptors (Lipinski definition) is 5. The van der Waals surface area contributed by atoms with Crippen LogP contribution in [0.1, 0.15) is 26.6 Å². The zero-order valence-electron chi connectivity index (χ0n) is 15.1. The first kappa shape index (κ1) is 17.6. The van der Waals surface area contributed by atoms with Crippen molar-refractivity contribution in [1.29, 1.82) is 0 Å². The maximum atomic E-state index is 12.1. The van der Waals surface area contributed by atoms with Gasteiger partial charge in [0.2, 0.25) is 5.91 Å². The second-order valence-electron chi connectivity index (χ2n) is 6.98. The molecule has 0 aliphatic carbocycles. The number of carbonyl (C=O) groups excluding carboxylic acids is 1. The van der Waals surface area contributed by atoms with E-state index in [-0.39, 0.29) is 5.91 Å². The lowest BCUT2D eigenvalue weighted by atomic mass is 9.95. The summed E-state index contributed by atoms with van der Waals surface area (Å²) in [7, 11) is 0. The molecule has 0 radical (unpaired) electrons. The molecule has 134 valence electrons. The summed E-state index contributed by atoms with van der Waals surface area (Å²) in [5.41, 5.74) is 2.08. The molecule has 1 heterocycles. The first-order valence-corrected chi connectivity index (χ1v) is 8.41. The quantitative estimate of drug-likeness (QED) is 0.738. The summed E-state index contributed by atoms with van der Waals surface area (Å²) in [6.07, 6.45) is 0. The molecular weight excluding hydrogens is 328 g/mol. The van der Waals surface area contributed by atoms with Gasteiger partial charge in [0.15, 0.2) is 5.82 Å². The smallest absolute Gasteiger partial charge is 0.229 e. The zero-order valence-corrected chi connectivity index (χ0v) is 15.1. The van der Waals surface area contributed by atoms with E-state index in [2.05, 4.69) is 26.2 Å². The van der Waals surface area contributed by atoms with Crippen LogP contribution < -0.4 is 10.6 Å². The minimum atomic E-state index is -0.443. The fourth-order valence-electron chi connectivity index (χ4n) is 2.29. The maximum Gasteiger partial charge on any atom is 0.229 e. The van der Waals surface area contributed by atoms with Crippen LogP contribution in [0.4, 0.5) is 11.4 Å². The van der Waals surface area contributed by atoms with Crippen molar-refractivity contribution >= 4 is 17.3 Å². The van der Waals surface area contributed by atoms with Gasteiger partial charge in [-0.3, -0.25) is 4.79 Å². The number of hydrogen-bond donors (Lipinski definition) is 2. The van der Waals surface area contributed by atoms with Crippen molar-refractivity contribution in [3.8, 4) is 5.69 Å². The Bertz CT molecular complexity index is 882. The molecule has 0 atom stereocenters. The lowest BCUT2D eigenvalue weighted by molar-refractivity contribution is -0.123. The van der Waals surface area contributed by atoms with Gasteiger partial charge in [0.05, 0.1) is 12.2 Å². The minimum Gasteiger partial charge on any atom is -0.378 e. The van der Waals surface area contributed by atoms with E-state index in [1.807, 2.05) is 75.4 Å². The third-order valence-electron chi connectivity index (χ3n) is 3.79. The first-order valence-electron chi connectivity index (χ1n) is 8.41. The fourth-order valence-corrected chi connectivity index (χ4v) is 2.29. The van der Waals surface area contributed by atoms with Crippen molar-refractivity contribution in [3.05, 3.63) is 60.4 Å². The van der Waals surface area contributed by atoms with E-state index in [4.69, 9.17) is 0 Å². The maximum absolute atomic E-state index is 12.1. The number of aromatic nitrogens is 4. The molecule has 3 rings (SSSR count). The number of rotatable bonds is 5. The van der Waals surface area contributed by atoms with Crippen LogP contribution in [0.3, 0.4) is 0 Å². The van der Waals surface area contributed by atoms with Crippen LogP contribution in [0, 0.1) is 5.41 Å². The van der Waals surface area contributed by atoms with E-state index in [1.165, 1.54) is 0 Å². The van der Waals surface area contributed by atoms with Gasteiger partial charge in [-0.2, -0.15) is 4.68 Å². The molecule has 0 saturated heterocycles. The Morgan fingerprint density at radius 2 is 1.77 bits per heavy atom. The van der Waals surface area contributed by atoms with E-state index in [9.17, 15) is 4.79 Å². The SMILES string of the molecule is CC(C)(C)C(=O)Nc1cccc(NCc2nnnn2-c2ccccc2)c1. The van der Waals surface area contributed by atoms with Gasteiger partial charge in [-0.1, -0.05) is 45.0 Å². The molecule has 1 amide bonds. The van der Waals surface area contributed by atoms with Crippen LogP contribution in [-0.4, -0.2) is 26.1 Å². The Hall–Kier alpha value is -3.22. The number of benzene rings is 2. The number of nitrogens with one attached hydrogen (secondary N) is 2. The van der Waals surface area contributed by atoms with Gasteiger partial charge in [0.1, 0.15) is 0 Å². The Labute approximate surface area is 152 Å².